The van der Waals surface area contributed by atoms with Crippen molar-refractivity contribution in [2.45, 2.75) is 25.2 Å². The molecule has 1 aliphatic rings. The zero-order valence-corrected chi connectivity index (χ0v) is 38.0. The Hall–Kier alpha value is -8.32. The van der Waals surface area contributed by atoms with Crippen molar-refractivity contribution in [2.75, 3.05) is 0 Å². The summed E-state index contributed by atoms with van der Waals surface area (Å²) in [6.45, 7) is 0. The fraction of sp³-hybridized carbons (Fsp3) is 0.0588. The molecule has 0 amide bonds. The minimum Gasteiger partial charge on any atom is -0.0622 e. The van der Waals surface area contributed by atoms with Crippen molar-refractivity contribution in [1.29, 1.82) is 0 Å². The average Bonchev–Trinajstić information content (AvgIpc) is 3.41. The molecule has 0 saturated heterocycles. The lowest BCUT2D eigenvalue weighted by molar-refractivity contribution is 0.672. The molecule has 0 aromatic heterocycles. The van der Waals surface area contributed by atoms with Crippen molar-refractivity contribution in [3.8, 4) is 55.6 Å². The van der Waals surface area contributed by atoms with Gasteiger partial charge in [0.25, 0.3) is 0 Å². The highest BCUT2D eigenvalue weighted by Gasteiger charge is 2.26. The molecular weight excluding hydrogens is 817 g/mol. The van der Waals surface area contributed by atoms with E-state index < -0.39 is 0 Å². The van der Waals surface area contributed by atoms with E-state index in [0.29, 0.717) is 5.92 Å². The molecule has 0 spiro atoms. The molecule has 0 fully saturated rings. The smallest absolute Gasteiger partial charge is 0.00255 e. The number of fused-ring (bicyclic) bond motifs is 6. The summed E-state index contributed by atoms with van der Waals surface area (Å²) in [4.78, 5) is 0. The van der Waals surface area contributed by atoms with Crippen LogP contribution < -0.4 is 0 Å². The zero-order valence-electron chi connectivity index (χ0n) is 38.0. The number of hydrogen-bond donors (Lipinski definition) is 0. The van der Waals surface area contributed by atoms with Gasteiger partial charge in [-0.3, -0.25) is 0 Å². The van der Waals surface area contributed by atoms with Crippen molar-refractivity contribution in [1.82, 2.24) is 0 Å². The third-order valence-electron chi connectivity index (χ3n) is 14.1. The van der Waals surface area contributed by atoms with E-state index in [4.69, 9.17) is 0 Å². The number of benzene rings is 11. The van der Waals surface area contributed by atoms with Gasteiger partial charge in [-0.1, -0.05) is 237 Å². The summed E-state index contributed by atoms with van der Waals surface area (Å²) >= 11 is 0. The van der Waals surface area contributed by atoms with Crippen LogP contribution in [0.25, 0.3) is 89.3 Å². The van der Waals surface area contributed by atoms with E-state index >= 15 is 0 Å². The summed E-state index contributed by atoms with van der Waals surface area (Å²) in [5.74, 6) is 0.444. The lowest BCUT2D eigenvalue weighted by atomic mass is 9.75. The summed E-state index contributed by atoms with van der Waals surface area (Å²) in [6, 6.07) is 91.9. The molecule has 68 heavy (non-hydrogen) atoms. The molecule has 0 nitrogen and oxygen atoms in total. The Morgan fingerprint density at radius 2 is 0.882 bits per heavy atom. The minimum absolute atomic E-state index is 0.444. The molecule has 0 heterocycles. The molecule has 0 N–H and O–H groups in total. The van der Waals surface area contributed by atoms with Gasteiger partial charge in [-0.05, 0) is 166 Å². The maximum absolute atomic E-state index is 2.48. The molecule has 322 valence electrons. The molecular formula is C68H50. The van der Waals surface area contributed by atoms with E-state index in [2.05, 4.69) is 261 Å². The van der Waals surface area contributed by atoms with E-state index in [1.54, 1.807) is 0 Å². The molecule has 11 aromatic carbocycles. The molecule has 0 saturated carbocycles. The van der Waals surface area contributed by atoms with Gasteiger partial charge in [0, 0.05) is 0 Å². The molecule has 0 bridgehead atoms. The van der Waals surface area contributed by atoms with Crippen molar-refractivity contribution in [3.05, 3.63) is 288 Å². The third-order valence-corrected chi connectivity index (χ3v) is 14.1. The Morgan fingerprint density at radius 3 is 1.59 bits per heavy atom. The highest BCUT2D eigenvalue weighted by Crippen LogP contribution is 2.44. The van der Waals surface area contributed by atoms with Gasteiger partial charge < -0.3 is 0 Å². The molecule has 0 heteroatoms. The topological polar surface area (TPSA) is 0 Å². The Morgan fingerprint density at radius 1 is 0.324 bits per heavy atom. The fourth-order valence-electron chi connectivity index (χ4n) is 10.5. The normalized spacial score (nSPS) is 13.1. The van der Waals surface area contributed by atoms with Crippen LogP contribution in [0, 0.1) is 0 Å². The van der Waals surface area contributed by atoms with Crippen LogP contribution in [0.4, 0.5) is 0 Å². The average molecular weight is 867 g/mol. The third kappa shape index (κ3) is 8.38. The lowest BCUT2D eigenvalue weighted by Gasteiger charge is -2.29. The Labute approximate surface area is 400 Å². The summed E-state index contributed by atoms with van der Waals surface area (Å²) in [5.41, 5.74) is 22.0. The van der Waals surface area contributed by atoms with Crippen LogP contribution in [0.15, 0.2) is 249 Å². The molecule has 11 aromatic rings. The van der Waals surface area contributed by atoms with E-state index in [9.17, 15) is 0 Å². The first-order valence-electron chi connectivity index (χ1n) is 24.0. The minimum atomic E-state index is 0.444. The van der Waals surface area contributed by atoms with Crippen molar-refractivity contribution in [2.24, 2.45) is 0 Å². The Balaban J connectivity index is 0.790. The highest BCUT2D eigenvalue weighted by molar-refractivity contribution is 6.15. The molecule has 1 aliphatic carbocycles. The van der Waals surface area contributed by atoms with E-state index in [1.165, 1.54) is 116 Å². The SMILES string of the molecule is C(=C\c1ccc2c(-c3ccccc3)cc3ccc(-c4ccccc4)cc3c2c1)/c1ccc(-c2ccc(Cc3ccc4c(c3)-c3cc(-c5ccccc5)ccc3CC4Cc3ccccc3)cc2)cc1. The predicted octanol–water partition coefficient (Wildman–Crippen LogP) is 18.0. The van der Waals surface area contributed by atoms with E-state index in [-0.39, 0.29) is 0 Å². The van der Waals surface area contributed by atoms with Gasteiger partial charge in [-0.15, -0.1) is 0 Å². The maximum Gasteiger partial charge on any atom is -0.00255 e. The van der Waals surface area contributed by atoms with E-state index in [0.717, 1.165) is 19.3 Å². The maximum atomic E-state index is 2.48. The van der Waals surface area contributed by atoms with Crippen molar-refractivity contribution < 1.29 is 0 Å². The molecule has 0 aliphatic heterocycles. The standard InChI is InChI=1S/C68H50/c1-5-13-48(14-6-1)40-61-43-59-35-33-57(52-15-7-2-8-16-52)44-65(59)67-42-51(28-37-62(61)67)39-49-25-31-55(32-26-49)54-29-23-47(24-30-54)21-22-50-27-38-63-64(56-19-11-4-12-20-56)46-60-36-34-58(45-66(60)68(63)41-50)53-17-9-3-10-18-53/h1-38,41-42,44-46,61H,39-40,43H2/b22-21+. The zero-order chi connectivity index (χ0) is 45.2. The summed E-state index contributed by atoms with van der Waals surface area (Å²) < 4.78 is 0. The van der Waals surface area contributed by atoms with Gasteiger partial charge in [0.05, 0.1) is 0 Å². The van der Waals surface area contributed by atoms with Gasteiger partial charge in [0.1, 0.15) is 0 Å². The van der Waals surface area contributed by atoms with Gasteiger partial charge in [0.15, 0.2) is 0 Å². The summed E-state index contributed by atoms with van der Waals surface area (Å²) in [5, 5.41) is 5.05. The number of rotatable bonds is 10. The van der Waals surface area contributed by atoms with Crippen LogP contribution in [0.1, 0.15) is 44.9 Å². The quantitative estimate of drug-likeness (QED) is 0.0949. The second kappa shape index (κ2) is 18.2. The molecule has 1 unspecified atom stereocenters. The number of hydrogen-bond acceptors (Lipinski definition) is 0. The molecule has 1 atom stereocenters. The first-order chi connectivity index (χ1) is 33.6. The summed E-state index contributed by atoms with van der Waals surface area (Å²) in [6.07, 6.45) is 7.47. The largest absolute Gasteiger partial charge is 0.0622 e. The van der Waals surface area contributed by atoms with Crippen LogP contribution in [0.3, 0.4) is 0 Å². The van der Waals surface area contributed by atoms with Gasteiger partial charge in [-0.25, -0.2) is 0 Å². The van der Waals surface area contributed by atoms with Gasteiger partial charge >= 0.3 is 0 Å². The van der Waals surface area contributed by atoms with Crippen LogP contribution in [-0.4, -0.2) is 0 Å². The Bertz CT molecular complexity index is 3590. The van der Waals surface area contributed by atoms with Gasteiger partial charge in [-0.2, -0.15) is 0 Å². The van der Waals surface area contributed by atoms with Crippen molar-refractivity contribution in [3.63, 3.8) is 0 Å². The molecule has 12 rings (SSSR count). The van der Waals surface area contributed by atoms with Crippen LogP contribution in [0.2, 0.25) is 0 Å². The first kappa shape index (κ1) is 41.1. The summed E-state index contributed by atoms with van der Waals surface area (Å²) in [7, 11) is 0. The second-order valence-corrected chi connectivity index (χ2v) is 18.5. The van der Waals surface area contributed by atoms with Crippen molar-refractivity contribution >= 4 is 33.7 Å². The molecule has 0 radical (unpaired) electrons. The predicted molar refractivity (Wildman–Crippen MR) is 290 cm³/mol. The van der Waals surface area contributed by atoms with Crippen LogP contribution in [0.5, 0.6) is 0 Å². The Kier molecular flexibility index (Phi) is 11.0. The first-order valence-corrected chi connectivity index (χ1v) is 24.0. The monoisotopic (exact) mass is 866 g/mol. The van der Waals surface area contributed by atoms with Crippen LogP contribution >= 0.6 is 0 Å². The second-order valence-electron chi connectivity index (χ2n) is 18.5. The fourth-order valence-corrected chi connectivity index (χ4v) is 10.5. The van der Waals surface area contributed by atoms with Crippen LogP contribution in [-0.2, 0) is 19.3 Å². The lowest BCUT2D eigenvalue weighted by Crippen LogP contribution is -2.14. The highest BCUT2D eigenvalue weighted by atomic mass is 14.3. The van der Waals surface area contributed by atoms with Gasteiger partial charge in [0.2, 0.25) is 0 Å². The van der Waals surface area contributed by atoms with E-state index in [1.807, 2.05) is 0 Å².